The summed E-state index contributed by atoms with van der Waals surface area (Å²) in [4.78, 5) is 12.2. The van der Waals surface area contributed by atoms with E-state index in [1.807, 2.05) is 61.5 Å². The Morgan fingerprint density at radius 3 is 2.35 bits per heavy atom. The lowest BCUT2D eigenvalue weighted by molar-refractivity contribution is 0.0993. The minimum atomic E-state index is 0.0652. The van der Waals surface area contributed by atoms with E-state index in [-0.39, 0.29) is 5.78 Å². The van der Waals surface area contributed by atoms with Crippen LogP contribution < -0.4 is 0 Å². The summed E-state index contributed by atoms with van der Waals surface area (Å²) in [6, 6.07) is 17.2. The van der Waals surface area contributed by atoms with Crippen molar-refractivity contribution < 1.29 is 4.79 Å². The number of ketones is 1. The number of allylic oxidation sites excluding steroid dienone is 1. The van der Waals surface area contributed by atoms with Crippen molar-refractivity contribution in [1.29, 1.82) is 0 Å². The van der Waals surface area contributed by atoms with Crippen molar-refractivity contribution in [2.75, 3.05) is 0 Å². The fourth-order valence-corrected chi connectivity index (χ4v) is 1.87. The monoisotopic (exact) mass is 260 g/mol. The van der Waals surface area contributed by atoms with Gasteiger partial charge < -0.3 is 0 Å². The molecule has 0 spiro atoms. The molecule has 1 heteroatoms. The second kappa shape index (κ2) is 6.54. The Hall–Kier alpha value is -2.59. The highest BCUT2D eigenvalue weighted by Crippen LogP contribution is 2.13. The normalized spacial score (nSPS) is 9.45. The van der Waals surface area contributed by atoms with E-state index in [4.69, 9.17) is 0 Å². The number of rotatable bonds is 3. The van der Waals surface area contributed by atoms with Crippen LogP contribution in [-0.2, 0) is 0 Å². The first-order valence-corrected chi connectivity index (χ1v) is 6.50. The van der Waals surface area contributed by atoms with Crippen LogP contribution in [0.3, 0.4) is 0 Å². The zero-order chi connectivity index (χ0) is 14.4. The van der Waals surface area contributed by atoms with Crippen LogP contribution in [-0.4, -0.2) is 5.78 Å². The second-order valence-electron chi connectivity index (χ2n) is 4.72. The van der Waals surface area contributed by atoms with Gasteiger partial charge in [0.2, 0.25) is 0 Å². The van der Waals surface area contributed by atoms with Gasteiger partial charge in [0.15, 0.2) is 5.78 Å². The Balaban J connectivity index is 2.32. The summed E-state index contributed by atoms with van der Waals surface area (Å²) in [5.74, 6) is 6.23. The number of Topliss-reactive ketones (excluding diaryl/α,β-unsaturated/α-hetero) is 1. The van der Waals surface area contributed by atoms with Crippen molar-refractivity contribution in [2.45, 2.75) is 13.3 Å². The van der Waals surface area contributed by atoms with Gasteiger partial charge in [0.05, 0.1) is 0 Å². The third kappa shape index (κ3) is 3.70. The first-order valence-electron chi connectivity index (χ1n) is 6.50. The van der Waals surface area contributed by atoms with Crippen LogP contribution in [0.1, 0.15) is 34.8 Å². The van der Waals surface area contributed by atoms with Crippen molar-refractivity contribution in [3.63, 3.8) is 0 Å². The lowest BCUT2D eigenvalue weighted by Gasteiger charge is -2.03. The lowest BCUT2D eigenvalue weighted by Crippen LogP contribution is -2.02. The second-order valence-corrected chi connectivity index (χ2v) is 4.72. The first-order chi connectivity index (χ1) is 9.66. The maximum absolute atomic E-state index is 12.2. The summed E-state index contributed by atoms with van der Waals surface area (Å²) in [6.45, 7) is 5.64. The van der Waals surface area contributed by atoms with Crippen LogP contribution in [0.4, 0.5) is 0 Å². The number of hydrogen-bond acceptors (Lipinski definition) is 1. The molecule has 0 heterocycles. The minimum Gasteiger partial charge on any atom is -0.294 e. The highest BCUT2D eigenvalue weighted by molar-refractivity contribution is 5.99. The summed E-state index contributed by atoms with van der Waals surface area (Å²) in [5, 5.41) is 0. The fourth-order valence-electron chi connectivity index (χ4n) is 1.87. The van der Waals surface area contributed by atoms with E-state index >= 15 is 0 Å². The zero-order valence-electron chi connectivity index (χ0n) is 11.5. The van der Waals surface area contributed by atoms with Crippen molar-refractivity contribution in [3.8, 4) is 11.8 Å². The van der Waals surface area contributed by atoms with Crippen molar-refractivity contribution in [1.82, 2.24) is 0 Å². The highest BCUT2D eigenvalue weighted by atomic mass is 16.1. The van der Waals surface area contributed by atoms with Gasteiger partial charge in [-0.2, -0.15) is 0 Å². The molecule has 20 heavy (non-hydrogen) atoms. The van der Waals surface area contributed by atoms with E-state index in [1.165, 1.54) is 0 Å². The topological polar surface area (TPSA) is 17.1 Å². The Morgan fingerprint density at radius 1 is 1.00 bits per heavy atom. The molecule has 0 aliphatic rings. The molecule has 2 aromatic rings. The molecule has 0 radical (unpaired) electrons. The van der Waals surface area contributed by atoms with Crippen LogP contribution in [0.2, 0.25) is 0 Å². The maximum Gasteiger partial charge on any atom is 0.168 e. The van der Waals surface area contributed by atoms with Crippen molar-refractivity contribution >= 4 is 5.78 Å². The summed E-state index contributed by atoms with van der Waals surface area (Å²) < 4.78 is 0. The van der Waals surface area contributed by atoms with E-state index in [0.717, 1.165) is 16.7 Å². The molecule has 2 aromatic carbocycles. The number of carbonyl (C=O) groups is 1. The van der Waals surface area contributed by atoms with Crippen molar-refractivity contribution in [2.24, 2.45) is 0 Å². The van der Waals surface area contributed by atoms with Gasteiger partial charge >= 0.3 is 0 Å². The summed E-state index contributed by atoms with van der Waals surface area (Å²) in [6.07, 6.45) is 0.365. The van der Waals surface area contributed by atoms with Crippen LogP contribution in [0.25, 0.3) is 0 Å². The lowest BCUT2D eigenvalue weighted by atomic mass is 9.99. The Bertz CT molecular complexity index is 684. The standard InChI is InChI=1S/C19H16O/c1-15(2)14-19(20)18-11-7-6-10-17(18)13-12-16-8-4-3-5-9-16/h3-11H,1,14H2,2H3. The minimum absolute atomic E-state index is 0.0652. The molecule has 0 N–H and O–H groups in total. The van der Waals surface area contributed by atoms with E-state index in [9.17, 15) is 4.79 Å². The molecule has 0 fully saturated rings. The molecule has 0 atom stereocenters. The molecule has 0 saturated carbocycles. The molecule has 0 saturated heterocycles. The first kappa shape index (κ1) is 13.8. The predicted octanol–water partition coefficient (Wildman–Crippen LogP) is 4.24. The number of carbonyl (C=O) groups excluding carboxylic acids is 1. The molecule has 1 nitrogen and oxygen atoms in total. The molecule has 0 unspecified atom stereocenters. The molecule has 0 aliphatic carbocycles. The third-order valence-electron chi connectivity index (χ3n) is 2.81. The SMILES string of the molecule is C=C(C)CC(=O)c1ccccc1C#Cc1ccccc1. The van der Waals surface area contributed by atoms with E-state index < -0.39 is 0 Å². The summed E-state index contributed by atoms with van der Waals surface area (Å²) in [5.41, 5.74) is 3.23. The van der Waals surface area contributed by atoms with Gasteiger partial charge in [0, 0.05) is 23.1 Å². The predicted molar refractivity (Wildman–Crippen MR) is 82.6 cm³/mol. The Morgan fingerprint density at radius 2 is 1.65 bits per heavy atom. The van der Waals surface area contributed by atoms with Gasteiger partial charge in [-0.1, -0.05) is 60.4 Å². The van der Waals surface area contributed by atoms with E-state index in [0.29, 0.717) is 12.0 Å². The molecule has 0 bridgehead atoms. The average Bonchev–Trinajstić information content (AvgIpc) is 2.46. The molecule has 98 valence electrons. The van der Waals surface area contributed by atoms with Crippen LogP contribution in [0.5, 0.6) is 0 Å². The number of hydrogen-bond donors (Lipinski definition) is 0. The Kier molecular flexibility index (Phi) is 4.52. The molecule has 2 rings (SSSR count). The molecule has 0 aromatic heterocycles. The quantitative estimate of drug-likeness (QED) is 0.458. The fraction of sp³-hybridized carbons (Fsp3) is 0.105. The highest BCUT2D eigenvalue weighted by Gasteiger charge is 2.09. The van der Waals surface area contributed by atoms with E-state index in [2.05, 4.69) is 18.4 Å². The van der Waals surface area contributed by atoms with Crippen LogP contribution >= 0.6 is 0 Å². The molecular formula is C19H16O. The van der Waals surface area contributed by atoms with Gasteiger partial charge in [-0.3, -0.25) is 4.79 Å². The number of benzene rings is 2. The van der Waals surface area contributed by atoms with Gasteiger partial charge in [0.25, 0.3) is 0 Å². The molecular weight excluding hydrogens is 244 g/mol. The van der Waals surface area contributed by atoms with Gasteiger partial charge in [-0.05, 0) is 25.1 Å². The van der Waals surface area contributed by atoms with Crippen LogP contribution in [0, 0.1) is 11.8 Å². The van der Waals surface area contributed by atoms with Gasteiger partial charge in [0.1, 0.15) is 0 Å². The smallest absolute Gasteiger partial charge is 0.168 e. The van der Waals surface area contributed by atoms with Gasteiger partial charge in [-0.25, -0.2) is 0 Å². The third-order valence-corrected chi connectivity index (χ3v) is 2.81. The van der Waals surface area contributed by atoms with E-state index in [1.54, 1.807) is 0 Å². The van der Waals surface area contributed by atoms with Crippen molar-refractivity contribution in [3.05, 3.63) is 83.4 Å². The summed E-state index contributed by atoms with van der Waals surface area (Å²) >= 11 is 0. The molecule has 0 amide bonds. The van der Waals surface area contributed by atoms with Crippen LogP contribution in [0.15, 0.2) is 66.7 Å². The maximum atomic E-state index is 12.2. The average molecular weight is 260 g/mol. The Labute approximate surface area is 120 Å². The van der Waals surface area contributed by atoms with Gasteiger partial charge in [-0.15, -0.1) is 0 Å². The largest absolute Gasteiger partial charge is 0.294 e. The molecule has 0 aliphatic heterocycles. The zero-order valence-corrected chi connectivity index (χ0v) is 11.5. The summed E-state index contributed by atoms with van der Waals surface area (Å²) in [7, 11) is 0.